The zero-order valence-corrected chi connectivity index (χ0v) is 30.1. The van der Waals surface area contributed by atoms with E-state index in [9.17, 15) is 0 Å². The van der Waals surface area contributed by atoms with Crippen molar-refractivity contribution in [1.29, 1.82) is 0 Å². The van der Waals surface area contributed by atoms with Gasteiger partial charge in [0.2, 0.25) is 6.71 Å². The van der Waals surface area contributed by atoms with E-state index < -0.39 is 0 Å². The third-order valence-electron chi connectivity index (χ3n) is 12.0. The van der Waals surface area contributed by atoms with Crippen LogP contribution in [0, 0.1) is 0 Å². The first kappa shape index (κ1) is 30.4. The highest BCUT2D eigenvalue weighted by Crippen LogP contribution is 2.60. The number of hydrogen-bond donors (Lipinski definition) is 0. The van der Waals surface area contributed by atoms with Gasteiger partial charge in [0, 0.05) is 16.4 Å². The molecule has 7 aromatic rings. The normalized spacial score (nSPS) is 15.7. The van der Waals surface area contributed by atoms with E-state index in [1.165, 1.54) is 38.6 Å². The maximum atomic E-state index is 7.04. The van der Waals surface area contributed by atoms with Crippen LogP contribution in [-0.4, -0.2) is 6.71 Å². The summed E-state index contributed by atoms with van der Waals surface area (Å²) >= 11 is 0. The van der Waals surface area contributed by atoms with Crippen LogP contribution < -0.4 is 35.5 Å². The Balaban J connectivity index is 1.03. The van der Waals surface area contributed by atoms with Crippen molar-refractivity contribution in [1.82, 2.24) is 0 Å². The first-order chi connectivity index (χ1) is 25.8. The second kappa shape index (κ2) is 10.7. The summed E-state index contributed by atoms with van der Waals surface area (Å²) in [7, 11) is 0. The molecule has 4 heterocycles. The first-order valence-corrected chi connectivity index (χ1v) is 18.5. The van der Waals surface area contributed by atoms with E-state index >= 15 is 0 Å². The minimum Gasteiger partial charge on any atom is -0.457 e. The molecular weight excluding hydrogens is 649 g/mol. The lowest BCUT2D eigenvalue weighted by molar-refractivity contribution is 0.446. The van der Waals surface area contributed by atoms with Crippen molar-refractivity contribution in [2.75, 3.05) is 4.90 Å². The number of anilines is 3. The van der Waals surface area contributed by atoms with Gasteiger partial charge in [-0.05, 0) is 82.4 Å². The maximum absolute atomic E-state index is 7.04. The Morgan fingerprint density at radius 2 is 1.08 bits per heavy atom. The van der Waals surface area contributed by atoms with Crippen molar-refractivity contribution in [2.24, 2.45) is 0 Å². The van der Waals surface area contributed by atoms with Crippen LogP contribution in [-0.2, 0) is 10.8 Å². The van der Waals surface area contributed by atoms with E-state index in [4.69, 9.17) is 14.2 Å². The molecule has 254 valence electrons. The van der Waals surface area contributed by atoms with Gasteiger partial charge in [-0.25, -0.2) is 0 Å². The smallest absolute Gasteiger partial charge is 0.242 e. The number of ether oxygens (including phenoxy) is 3. The Kier molecular flexibility index (Phi) is 6.13. The van der Waals surface area contributed by atoms with Crippen LogP contribution in [0.3, 0.4) is 0 Å². The minimum absolute atomic E-state index is 0.185. The van der Waals surface area contributed by atoms with E-state index in [2.05, 4.69) is 142 Å². The van der Waals surface area contributed by atoms with Crippen molar-refractivity contribution < 1.29 is 14.2 Å². The lowest BCUT2D eigenvalue weighted by Gasteiger charge is -2.46. The van der Waals surface area contributed by atoms with Crippen LogP contribution >= 0.6 is 0 Å². The molecule has 5 heteroatoms. The van der Waals surface area contributed by atoms with Crippen LogP contribution in [0.25, 0.3) is 11.1 Å². The van der Waals surface area contributed by atoms with Crippen LogP contribution in [0.15, 0.2) is 146 Å². The van der Waals surface area contributed by atoms with Gasteiger partial charge in [-0.2, -0.15) is 0 Å². The van der Waals surface area contributed by atoms with Crippen molar-refractivity contribution in [3.63, 3.8) is 0 Å². The van der Waals surface area contributed by atoms with Gasteiger partial charge in [0.15, 0.2) is 23.0 Å². The van der Waals surface area contributed by atoms with Crippen molar-refractivity contribution in [3.8, 4) is 45.6 Å². The van der Waals surface area contributed by atoms with Gasteiger partial charge in [0.05, 0.1) is 11.4 Å². The Morgan fingerprint density at radius 1 is 0.509 bits per heavy atom. The highest BCUT2D eigenvalue weighted by Gasteiger charge is 2.48. The molecule has 53 heavy (non-hydrogen) atoms. The summed E-state index contributed by atoms with van der Waals surface area (Å²) in [5.74, 6) is 4.80. The number of benzene rings is 7. The largest absolute Gasteiger partial charge is 0.457 e. The standard InChI is InChI=1S/C48H36BNO3/c1-47(2)32-15-6-8-17-36(32)49-37-18-9-7-16-33(37)48(3,4)35-28-30(27-34(47)45(35)49)51-40-20-11-5-14-31(40)29-24-25-39-44(26-29)53-43-23-13-22-42-46(43)50(39)38-19-10-12-21-41(38)52-42/h5-28H,1-4H3. The van der Waals surface area contributed by atoms with Gasteiger partial charge in [0.1, 0.15) is 17.2 Å². The Labute approximate surface area is 310 Å². The number of rotatable bonds is 3. The maximum Gasteiger partial charge on any atom is 0.242 e. The van der Waals surface area contributed by atoms with Gasteiger partial charge >= 0.3 is 0 Å². The molecule has 11 rings (SSSR count). The van der Waals surface area contributed by atoms with Gasteiger partial charge in [-0.3, -0.25) is 4.90 Å². The molecule has 0 fully saturated rings. The van der Waals surface area contributed by atoms with Crippen molar-refractivity contribution >= 4 is 40.2 Å². The number of hydrogen-bond acceptors (Lipinski definition) is 4. The van der Waals surface area contributed by atoms with Gasteiger partial charge in [0.25, 0.3) is 0 Å². The quantitative estimate of drug-likeness (QED) is 0.173. The summed E-state index contributed by atoms with van der Waals surface area (Å²) < 4.78 is 19.9. The third-order valence-corrected chi connectivity index (χ3v) is 12.0. The zero-order valence-electron chi connectivity index (χ0n) is 30.1. The number of fused-ring (bicyclic) bond motifs is 8. The van der Waals surface area contributed by atoms with E-state index in [1.54, 1.807) is 0 Å². The Hall–Kier alpha value is -6.20. The molecule has 0 unspecified atom stereocenters. The lowest BCUT2D eigenvalue weighted by atomic mass is 9.27. The molecule has 4 aliphatic rings. The Bertz CT molecular complexity index is 2610. The highest BCUT2D eigenvalue weighted by molar-refractivity contribution is 6.97. The zero-order chi connectivity index (χ0) is 35.6. The fraction of sp³-hybridized carbons (Fsp3) is 0.125. The molecule has 0 saturated heterocycles. The molecule has 0 spiro atoms. The molecule has 0 amide bonds. The molecule has 0 radical (unpaired) electrons. The van der Waals surface area contributed by atoms with Crippen LogP contribution in [0.4, 0.5) is 17.1 Å². The summed E-state index contributed by atoms with van der Waals surface area (Å²) in [5, 5.41) is 0. The summed E-state index contributed by atoms with van der Waals surface area (Å²) in [6, 6.07) is 51.6. The van der Waals surface area contributed by atoms with E-state index in [0.29, 0.717) is 0 Å². The predicted octanol–water partition coefficient (Wildman–Crippen LogP) is 10.6. The fourth-order valence-corrected chi connectivity index (χ4v) is 9.53. The summed E-state index contributed by atoms with van der Waals surface area (Å²) in [6.45, 7) is 9.65. The van der Waals surface area contributed by atoms with Crippen molar-refractivity contribution in [2.45, 2.75) is 38.5 Å². The molecule has 4 aliphatic heterocycles. The number of para-hydroxylation sites is 4. The van der Waals surface area contributed by atoms with E-state index in [0.717, 1.165) is 62.7 Å². The highest BCUT2D eigenvalue weighted by atomic mass is 16.5. The van der Waals surface area contributed by atoms with Gasteiger partial charge in [-0.1, -0.05) is 135 Å². The van der Waals surface area contributed by atoms with E-state index in [-0.39, 0.29) is 17.5 Å². The van der Waals surface area contributed by atoms with Crippen LogP contribution in [0.5, 0.6) is 34.5 Å². The molecule has 7 aromatic carbocycles. The topological polar surface area (TPSA) is 30.9 Å². The lowest BCUT2D eigenvalue weighted by Crippen LogP contribution is -2.66. The molecule has 0 saturated carbocycles. The molecule has 4 nitrogen and oxygen atoms in total. The van der Waals surface area contributed by atoms with Crippen LogP contribution in [0.1, 0.15) is 49.9 Å². The predicted molar refractivity (Wildman–Crippen MR) is 215 cm³/mol. The molecule has 0 N–H and O–H groups in total. The molecular formula is C48H36BNO3. The summed E-state index contributed by atoms with van der Waals surface area (Å²) in [4.78, 5) is 2.25. The number of nitrogens with zero attached hydrogens (tertiary/aromatic N) is 1. The van der Waals surface area contributed by atoms with E-state index in [1.807, 2.05) is 36.4 Å². The molecule has 0 atom stereocenters. The SMILES string of the molecule is CC1(C)c2ccccc2B2c3ccccc3C(C)(C)c3cc(Oc4ccccc4-c4ccc5c(c4)Oc4cccc6c4N5c4ccccc4O6)cc1c32. The second-order valence-corrected chi connectivity index (χ2v) is 15.7. The Morgan fingerprint density at radius 3 is 1.79 bits per heavy atom. The molecule has 0 aliphatic carbocycles. The van der Waals surface area contributed by atoms with Gasteiger partial charge < -0.3 is 14.2 Å². The summed E-state index contributed by atoms with van der Waals surface area (Å²) in [5.41, 5.74) is 14.1. The average Bonchev–Trinajstić information content (AvgIpc) is 3.18. The van der Waals surface area contributed by atoms with Gasteiger partial charge in [-0.15, -0.1) is 0 Å². The van der Waals surface area contributed by atoms with Crippen LogP contribution in [0.2, 0.25) is 0 Å². The first-order valence-electron chi connectivity index (χ1n) is 18.5. The van der Waals surface area contributed by atoms with Crippen molar-refractivity contribution in [3.05, 3.63) is 168 Å². The monoisotopic (exact) mass is 685 g/mol. The minimum atomic E-state index is -0.206. The fourth-order valence-electron chi connectivity index (χ4n) is 9.53. The second-order valence-electron chi connectivity index (χ2n) is 15.7. The molecule has 0 bridgehead atoms. The average molecular weight is 686 g/mol. The summed E-state index contributed by atoms with van der Waals surface area (Å²) in [6.07, 6.45) is 0. The molecule has 0 aromatic heterocycles. The third kappa shape index (κ3) is 4.19.